The number of carboxylic acid groups (broad SMARTS) is 1. The van der Waals surface area contributed by atoms with Gasteiger partial charge in [-0.1, -0.05) is 5.21 Å². The Hall–Kier alpha value is -1.92. The Bertz CT molecular complexity index is 401. The predicted molar refractivity (Wildman–Crippen MR) is 54.7 cm³/mol. The Balaban J connectivity index is 2.61. The van der Waals surface area contributed by atoms with E-state index in [9.17, 15) is 9.59 Å². The van der Waals surface area contributed by atoms with E-state index in [1.165, 1.54) is 17.8 Å². The zero-order chi connectivity index (χ0) is 12.3. The van der Waals surface area contributed by atoms with Crippen molar-refractivity contribution in [2.24, 2.45) is 13.0 Å². The van der Waals surface area contributed by atoms with Crippen molar-refractivity contribution in [1.29, 1.82) is 0 Å². The van der Waals surface area contributed by atoms with Gasteiger partial charge in [-0.3, -0.25) is 14.3 Å². The Morgan fingerprint density at radius 1 is 1.50 bits per heavy atom. The van der Waals surface area contributed by atoms with Crippen LogP contribution in [0.3, 0.4) is 0 Å². The highest BCUT2D eigenvalue weighted by Gasteiger charge is 2.22. The summed E-state index contributed by atoms with van der Waals surface area (Å²) in [5.41, 5.74) is 0.173. The third-order valence-corrected chi connectivity index (χ3v) is 2.33. The van der Waals surface area contributed by atoms with Crippen LogP contribution in [0.4, 0.5) is 0 Å². The molecule has 1 aromatic rings. The molecule has 0 fully saturated rings. The van der Waals surface area contributed by atoms with Crippen LogP contribution in [0.15, 0.2) is 6.20 Å². The van der Waals surface area contributed by atoms with Crippen molar-refractivity contribution in [2.75, 3.05) is 0 Å². The lowest BCUT2D eigenvalue weighted by molar-refractivity contribution is -0.141. The number of carboxylic acids is 1. The van der Waals surface area contributed by atoms with Gasteiger partial charge >= 0.3 is 5.97 Å². The van der Waals surface area contributed by atoms with Crippen molar-refractivity contribution in [2.45, 2.75) is 19.9 Å². The second-order valence-electron chi connectivity index (χ2n) is 3.67. The van der Waals surface area contributed by atoms with Crippen LogP contribution < -0.4 is 5.32 Å². The van der Waals surface area contributed by atoms with E-state index in [-0.39, 0.29) is 5.69 Å². The number of hydrogen-bond acceptors (Lipinski definition) is 4. The molecule has 0 saturated carbocycles. The van der Waals surface area contributed by atoms with Crippen molar-refractivity contribution in [3.63, 3.8) is 0 Å². The highest BCUT2D eigenvalue weighted by molar-refractivity contribution is 5.92. The van der Waals surface area contributed by atoms with E-state index in [1.807, 2.05) is 0 Å². The van der Waals surface area contributed by atoms with Gasteiger partial charge in [0, 0.05) is 13.1 Å². The summed E-state index contributed by atoms with van der Waals surface area (Å²) in [7, 11) is 1.65. The molecular formula is C9H14N4O3. The summed E-state index contributed by atoms with van der Waals surface area (Å²) in [4.78, 5) is 22.3. The van der Waals surface area contributed by atoms with Crippen LogP contribution in [-0.2, 0) is 11.8 Å². The van der Waals surface area contributed by atoms with Gasteiger partial charge in [0.1, 0.15) is 0 Å². The third kappa shape index (κ3) is 2.78. The molecule has 0 radical (unpaired) electrons. The highest BCUT2D eigenvalue weighted by Crippen LogP contribution is 2.03. The molecule has 1 rings (SSSR count). The zero-order valence-electron chi connectivity index (χ0n) is 9.34. The van der Waals surface area contributed by atoms with Crippen LogP contribution in [0.5, 0.6) is 0 Å². The molecule has 0 aliphatic rings. The Morgan fingerprint density at radius 3 is 2.56 bits per heavy atom. The lowest BCUT2D eigenvalue weighted by Gasteiger charge is -2.16. The van der Waals surface area contributed by atoms with Crippen LogP contribution in [0.1, 0.15) is 24.3 Å². The van der Waals surface area contributed by atoms with Gasteiger partial charge in [0.05, 0.1) is 12.1 Å². The Kier molecular flexibility index (Phi) is 3.60. The number of aliphatic carboxylic acids is 1. The summed E-state index contributed by atoms with van der Waals surface area (Å²) >= 11 is 0. The number of carbonyl (C=O) groups is 2. The van der Waals surface area contributed by atoms with Crippen LogP contribution >= 0.6 is 0 Å². The number of aryl methyl sites for hydroxylation is 1. The van der Waals surface area contributed by atoms with Crippen molar-refractivity contribution in [3.8, 4) is 0 Å². The Labute approximate surface area is 92.4 Å². The molecule has 1 heterocycles. The number of nitrogens with zero attached hydrogens (tertiary/aromatic N) is 3. The second-order valence-corrected chi connectivity index (χ2v) is 3.67. The largest absolute Gasteiger partial charge is 0.481 e. The predicted octanol–water partition coefficient (Wildman–Crippen LogP) is -0.346. The molecule has 0 spiro atoms. The first-order valence-electron chi connectivity index (χ1n) is 4.81. The van der Waals surface area contributed by atoms with E-state index in [0.717, 1.165) is 0 Å². The van der Waals surface area contributed by atoms with Crippen LogP contribution in [0, 0.1) is 5.92 Å². The first kappa shape index (κ1) is 12.2. The normalized spacial score (nSPS) is 14.2. The molecule has 0 aromatic carbocycles. The summed E-state index contributed by atoms with van der Waals surface area (Å²) in [5, 5.41) is 18.6. The van der Waals surface area contributed by atoms with Crippen molar-refractivity contribution in [1.82, 2.24) is 20.3 Å². The number of hydrogen-bond donors (Lipinski definition) is 2. The Morgan fingerprint density at radius 2 is 2.12 bits per heavy atom. The van der Waals surface area contributed by atoms with Gasteiger partial charge in [0.2, 0.25) is 0 Å². The molecule has 88 valence electrons. The smallest absolute Gasteiger partial charge is 0.308 e. The van der Waals surface area contributed by atoms with Gasteiger partial charge in [-0.2, -0.15) is 0 Å². The first-order valence-corrected chi connectivity index (χ1v) is 4.81. The minimum absolute atomic E-state index is 0.173. The topological polar surface area (TPSA) is 97.1 Å². The van der Waals surface area contributed by atoms with E-state index < -0.39 is 23.8 Å². The van der Waals surface area contributed by atoms with Gasteiger partial charge in [-0.25, -0.2) is 0 Å². The van der Waals surface area contributed by atoms with Crippen LogP contribution in [0.25, 0.3) is 0 Å². The summed E-state index contributed by atoms with van der Waals surface area (Å²) in [5.74, 6) is -2.03. The van der Waals surface area contributed by atoms with Gasteiger partial charge in [0.25, 0.3) is 5.91 Å². The number of aromatic nitrogens is 3. The van der Waals surface area contributed by atoms with Gasteiger partial charge < -0.3 is 10.4 Å². The minimum atomic E-state index is -0.952. The zero-order valence-corrected chi connectivity index (χ0v) is 9.34. The molecule has 0 aliphatic carbocycles. The third-order valence-electron chi connectivity index (χ3n) is 2.33. The molecule has 0 bridgehead atoms. The van der Waals surface area contributed by atoms with Crippen molar-refractivity contribution >= 4 is 11.9 Å². The summed E-state index contributed by atoms with van der Waals surface area (Å²) < 4.78 is 1.40. The standard InChI is InChI=1S/C9H14N4O3/c1-5(9(15)16)6(2)10-8(14)7-4-13(3)12-11-7/h4-6H,1-3H3,(H,10,14)(H,15,16). The number of amides is 1. The maximum absolute atomic E-state index is 11.6. The van der Waals surface area contributed by atoms with Gasteiger partial charge in [-0.15, -0.1) is 5.10 Å². The average Bonchev–Trinajstić information content (AvgIpc) is 2.63. The van der Waals surface area contributed by atoms with E-state index >= 15 is 0 Å². The van der Waals surface area contributed by atoms with Crippen molar-refractivity contribution in [3.05, 3.63) is 11.9 Å². The van der Waals surface area contributed by atoms with Crippen LogP contribution in [-0.4, -0.2) is 38.0 Å². The lowest BCUT2D eigenvalue weighted by atomic mass is 10.0. The average molecular weight is 226 g/mol. The second kappa shape index (κ2) is 4.73. The molecule has 1 amide bonds. The maximum atomic E-state index is 11.6. The molecule has 1 aromatic heterocycles. The monoisotopic (exact) mass is 226 g/mol. The van der Waals surface area contributed by atoms with E-state index in [0.29, 0.717) is 0 Å². The van der Waals surface area contributed by atoms with Crippen LogP contribution in [0.2, 0.25) is 0 Å². The number of carbonyl (C=O) groups excluding carboxylic acids is 1. The fourth-order valence-corrected chi connectivity index (χ4v) is 1.07. The summed E-state index contributed by atoms with van der Waals surface area (Å²) in [6.07, 6.45) is 1.47. The quantitative estimate of drug-likeness (QED) is 0.731. The SMILES string of the molecule is CC(NC(=O)c1cn(C)nn1)C(C)C(=O)O. The molecule has 2 unspecified atom stereocenters. The number of nitrogens with one attached hydrogen (secondary N) is 1. The van der Waals surface area contributed by atoms with E-state index in [4.69, 9.17) is 5.11 Å². The summed E-state index contributed by atoms with van der Waals surface area (Å²) in [6, 6.07) is -0.466. The van der Waals surface area contributed by atoms with Crippen molar-refractivity contribution < 1.29 is 14.7 Å². The molecule has 0 saturated heterocycles. The minimum Gasteiger partial charge on any atom is -0.481 e. The van der Waals surface area contributed by atoms with E-state index in [2.05, 4.69) is 15.6 Å². The molecule has 0 aliphatic heterocycles. The lowest BCUT2D eigenvalue weighted by Crippen LogP contribution is -2.40. The van der Waals surface area contributed by atoms with E-state index in [1.54, 1.807) is 14.0 Å². The molecule has 7 nitrogen and oxygen atoms in total. The van der Waals surface area contributed by atoms with Gasteiger partial charge in [-0.05, 0) is 13.8 Å². The molecule has 2 atom stereocenters. The molecule has 2 N–H and O–H groups in total. The first-order chi connectivity index (χ1) is 7.41. The van der Waals surface area contributed by atoms with Gasteiger partial charge in [0.15, 0.2) is 5.69 Å². The fourth-order valence-electron chi connectivity index (χ4n) is 1.07. The highest BCUT2D eigenvalue weighted by atomic mass is 16.4. The molecular weight excluding hydrogens is 212 g/mol. The summed E-state index contributed by atoms with van der Waals surface area (Å²) in [6.45, 7) is 3.16. The fraction of sp³-hybridized carbons (Fsp3) is 0.556. The maximum Gasteiger partial charge on any atom is 0.308 e. The molecule has 7 heteroatoms. The molecule has 16 heavy (non-hydrogen) atoms. The number of rotatable bonds is 4.